The van der Waals surface area contributed by atoms with Crippen LogP contribution < -0.4 is 5.32 Å². The Kier molecular flexibility index (Phi) is 8.36. The number of nitrogens with one attached hydrogen (secondary N) is 1. The second kappa shape index (κ2) is 10.3. The number of piperidine rings is 1. The van der Waals surface area contributed by atoms with Gasteiger partial charge in [0.15, 0.2) is 0 Å². The van der Waals surface area contributed by atoms with Crippen LogP contribution in [0, 0.1) is 11.7 Å². The number of methoxy groups -OCH3 is 1. The third-order valence-electron chi connectivity index (χ3n) is 4.54. The quantitative estimate of drug-likeness (QED) is 0.375. The number of likely N-dealkylation sites (tertiary alicyclic amines) is 1. The smallest absolute Gasteiger partial charge is 0.337 e. The normalized spacial score (nSPS) is 16.5. The van der Waals surface area contributed by atoms with Gasteiger partial charge in [0.2, 0.25) is 0 Å². The highest BCUT2D eigenvalue weighted by Crippen LogP contribution is 2.16. The summed E-state index contributed by atoms with van der Waals surface area (Å²) in [4.78, 5) is 13.7. The number of hydrogen-bond acceptors (Lipinski definition) is 7. The van der Waals surface area contributed by atoms with Crippen LogP contribution in [0.1, 0.15) is 42.6 Å². The van der Waals surface area contributed by atoms with E-state index in [9.17, 15) is 17.6 Å². The van der Waals surface area contributed by atoms with E-state index < -0.39 is 27.7 Å². The van der Waals surface area contributed by atoms with E-state index in [1.54, 1.807) is 0 Å². The molecule has 1 aromatic carbocycles. The Hall–Kier alpha value is -1.55. The Morgan fingerprint density at radius 2 is 1.96 bits per heavy atom. The van der Waals surface area contributed by atoms with Crippen molar-refractivity contribution in [2.45, 2.75) is 38.5 Å². The number of carbonyl (C=O) groups is 1. The van der Waals surface area contributed by atoms with Gasteiger partial charge in [-0.1, -0.05) is 19.9 Å². The van der Waals surface area contributed by atoms with Gasteiger partial charge >= 0.3 is 5.97 Å². The molecule has 0 bridgehead atoms. The first-order valence-electron chi connectivity index (χ1n) is 9.19. The molecule has 2 rings (SSSR count). The summed E-state index contributed by atoms with van der Waals surface area (Å²) >= 11 is 0. The van der Waals surface area contributed by atoms with Gasteiger partial charge in [0.1, 0.15) is 18.3 Å². The van der Waals surface area contributed by atoms with Crippen molar-refractivity contribution < 1.29 is 26.5 Å². The number of esters is 1. The lowest BCUT2D eigenvalue weighted by Crippen LogP contribution is -2.44. The van der Waals surface area contributed by atoms with Crippen LogP contribution >= 0.6 is 0 Å². The first-order valence-corrected chi connectivity index (χ1v) is 10.8. The molecule has 0 unspecified atom stereocenters. The molecule has 1 N–H and O–H groups in total. The number of carbonyl (C=O) groups excluding carboxylic acids is 1. The average Bonchev–Trinajstić information content (AvgIpc) is 2.63. The highest BCUT2D eigenvalue weighted by molar-refractivity contribution is 7.85. The lowest BCUT2D eigenvalue weighted by atomic mass is 10.0. The number of rotatable bonds is 9. The van der Waals surface area contributed by atoms with E-state index in [1.165, 1.54) is 25.2 Å². The molecule has 1 heterocycles. The number of ether oxygens (including phenoxy) is 1. The van der Waals surface area contributed by atoms with Crippen molar-refractivity contribution >= 4 is 16.1 Å². The summed E-state index contributed by atoms with van der Waals surface area (Å²) in [6.45, 7) is 6.95. The van der Waals surface area contributed by atoms with Crippen molar-refractivity contribution in [1.82, 2.24) is 10.2 Å². The van der Waals surface area contributed by atoms with E-state index >= 15 is 0 Å². The van der Waals surface area contributed by atoms with E-state index in [2.05, 4.69) is 28.8 Å². The molecule has 1 saturated heterocycles. The van der Waals surface area contributed by atoms with Gasteiger partial charge in [-0.25, -0.2) is 9.18 Å². The molecule has 0 spiro atoms. The zero-order valence-electron chi connectivity index (χ0n) is 16.5. The Labute approximate surface area is 166 Å². The first-order chi connectivity index (χ1) is 13.2. The monoisotopic (exact) mass is 415 g/mol. The van der Waals surface area contributed by atoms with Crippen molar-refractivity contribution in [3.63, 3.8) is 0 Å². The van der Waals surface area contributed by atoms with Gasteiger partial charge in [-0.3, -0.25) is 9.50 Å². The zero-order valence-corrected chi connectivity index (χ0v) is 17.4. The van der Waals surface area contributed by atoms with Crippen LogP contribution in [0.2, 0.25) is 0 Å². The first kappa shape index (κ1) is 22.7. The molecule has 1 aliphatic rings. The lowest BCUT2D eigenvalue weighted by molar-refractivity contribution is 0.0600. The average molecular weight is 416 g/mol. The van der Waals surface area contributed by atoms with Gasteiger partial charge in [0.25, 0.3) is 10.1 Å². The Bertz CT molecular complexity index is 762. The zero-order chi connectivity index (χ0) is 20.7. The maximum absolute atomic E-state index is 14.1. The van der Waals surface area contributed by atoms with Crippen LogP contribution in [0.3, 0.4) is 0 Å². The Balaban J connectivity index is 1.79. The highest BCUT2D eigenvalue weighted by Gasteiger charge is 2.21. The summed E-state index contributed by atoms with van der Waals surface area (Å²) in [5.41, 5.74) is -0.0434. The molecule has 0 saturated carbocycles. The van der Waals surface area contributed by atoms with Gasteiger partial charge < -0.3 is 9.64 Å². The Morgan fingerprint density at radius 1 is 1.29 bits per heavy atom. The summed E-state index contributed by atoms with van der Waals surface area (Å²) in [5.74, 6) is -0.718. The van der Waals surface area contributed by atoms with E-state index in [0.29, 0.717) is 0 Å². The summed E-state index contributed by atoms with van der Waals surface area (Å²) < 4.78 is 47.8. The molecule has 7 nitrogen and oxygen atoms in total. The minimum absolute atomic E-state index is 0.0194. The number of hydrogen-bond donors (Lipinski definition) is 1. The van der Waals surface area contributed by atoms with Crippen LogP contribution in [-0.2, 0) is 24.8 Å². The number of benzene rings is 1. The van der Waals surface area contributed by atoms with Gasteiger partial charge in [-0.2, -0.15) is 8.42 Å². The maximum atomic E-state index is 14.1. The molecular formula is C19H28FN2O5S. The molecule has 1 aromatic rings. The fraction of sp³-hybridized carbons (Fsp3) is 0.579. The fourth-order valence-corrected chi connectivity index (χ4v) is 4.07. The van der Waals surface area contributed by atoms with Gasteiger partial charge in [-0.15, -0.1) is 0 Å². The SMILES string of the molecule is COC(=O)c1ccc(CS(=O)(=O)OCNC2CCN(C[C](C)C)CC2)c(F)c1. The van der Waals surface area contributed by atoms with Crippen LogP contribution in [-0.4, -0.2) is 58.8 Å². The fourth-order valence-electron chi connectivity index (χ4n) is 3.13. The van der Waals surface area contributed by atoms with Crippen molar-refractivity contribution in [1.29, 1.82) is 0 Å². The minimum Gasteiger partial charge on any atom is -0.465 e. The molecule has 9 heteroatoms. The lowest BCUT2D eigenvalue weighted by Gasteiger charge is -2.33. The molecule has 1 aliphatic heterocycles. The predicted octanol–water partition coefficient (Wildman–Crippen LogP) is 2.08. The van der Waals surface area contributed by atoms with Gasteiger partial charge in [0.05, 0.1) is 12.7 Å². The Morgan fingerprint density at radius 3 is 2.54 bits per heavy atom. The van der Waals surface area contributed by atoms with Crippen LogP contribution in [0.25, 0.3) is 0 Å². The van der Waals surface area contributed by atoms with Crippen molar-refractivity contribution in [2.24, 2.45) is 0 Å². The molecule has 1 radical (unpaired) electrons. The minimum atomic E-state index is -3.96. The molecule has 1 fully saturated rings. The number of halogens is 1. The topological polar surface area (TPSA) is 84.9 Å². The van der Waals surface area contributed by atoms with Crippen molar-refractivity contribution in [3.8, 4) is 0 Å². The summed E-state index contributed by atoms with van der Waals surface area (Å²) in [6.07, 6.45) is 1.83. The molecule has 28 heavy (non-hydrogen) atoms. The van der Waals surface area contributed by atoms with E-state index in [4.69, 9.17) is 4.18 Å². The summed E-state index contributed by atoms with van der Waals surface area (Å²) in [5, 5.41) is 3.09. The summed E-state index contributed by atoms with van der Waals surface area (Å²) in [7, 11) is -2.77. The van der Waals surface area contributed by atoms with E-state index in [0.717, 1.165) is 38.5 Å². The number of nitrogens with zero attached hydrogens (tertiary/aromatic N) is 1. The maximum Gasteiger partial charge on any atom is 0.337 e. The van der Waals surface area contributed by atoms with E-state index in [1.807, 2.05) is 0 Å². The largest absolute Gasteiger partial charge is 0.465 e. The standard InChI is InChI=1S/C19H28FN2O5S/c1-14(2)11-22-8-6-17(7-9-22)21-13-27-28(24,25)12-16-5-4-15(10-18(16)20)19(23)26-3/h4-5,10,17,21H,6-9,11-13H2,1-3H3. The van der Waals surface area contributed by atoms with Gasteiger partial charge in [-0.05, 0) is 44.0 Å². The molecule has 0 atom stereocenters. The van der Waals surface area contributed by atoms with E-state index in [-0.39, 0.29) is 23.9 Å². The van der Waals surface area contributed by atoms with Crippen LogP contribution in [0.4, 0.5) is 4.39 Å². The molecule has 0 aliphatic carbocycles. The van der Waals surface area contributed by atoms with Gasteiger partial charge in [0, 0.05) is 18.2 Å². The summed E-state index contributed by atoms with van der Waals surface area (Å²) in [6, 6.07) is 3.72. The second-order valence-corrected chi connectivity index (χ2v) is 8.86. The molecule has 157 valence electrons. The van der Waals surface area contributed by atoms with Crippen LogP contribution in [0.5, 0.6) is 0 Å². The second-order valence-electron chi connectivity index (χ2n) is 7.22. The highest BCUT2D eigenvalue weighted by atomic mass is 32.2. The third kappa shape index (κ3) is 7.12. The molecular weight excluding hydrogens is 387 g/mol. The molecule has 0 amide bonds. The van der Waals surface area contributed by atoms with Crippen LogP contribution in [0.15, 0.2) is 18.2 Å². The third-order valence-corrected chi connectivity index (χ3v) is 5.69. The molecule has 0 aromatic heterocycles. The van der Waals surface area contributed by atoms with Crippen molar-refractivity contribution in [2.75, 3.05) is 33.5 Å². The predicted molar refractivity (Wildman–Crippen MR) is 104 cm³/mol. The van der Waals surface area contributed by atoms with Crippen molar-refractivity contribution in [3.05, 3.63) is 41.1 Å².